The van der Waals surface area contributed by atoms with Crippen molar-refractivity contribution in [3.8, 4) is 17.2 Å². The van der Waals surface area contributed by atoms with Crippen molar-refractivity contribution in [2.75, 3.05) is 7.11 Å². The maximum Gasteiger partial charge on any atom is 0.164 e. The topological polar surface area (TPSA) is 110 Å². The van der Waals surface area contributed by atoms with Gasteiger partial charge < -0.3 is 30.3 Å². The third kappa shape index (κ3) is 2.30. The Morgan fingerprint density at radius 2 is 1.79 bits per heavy atom. The number of aromatic hydroxyl groups is 2. The number of hydrogen-bond acceptors (Lipinski definition) is 6. The van der Waals surface area contributed by atoms with Gasteiger partial charge in [-0.15, -0.1) is 0 Å². The normalized spacial score (nSPS) is 19.3. The number of phenolic OH excluding ortho intramolecular Hbond substituents is 2. The lowest BCUT2D eigenvalue weighted by Gasteiger charge is -2.19. The van der Waals surface area contributed by atoms with E-state index in [1.165, 1.54) is 19.2 Å². The average molecular weight is 266 g/mol. The molecule has 0 aromatic heterocycles. The number of benzene rings is 1. The smallest absolute Gasteiger partial charge is 0.164 e. The van der Waals surface area contributed by atoms with E-state index in [2.05, 4.69) is 0 Å². The molecule has 2 rings (SSSR count). The van der Waals surface area contributed by atoms with Gasteiger partial charge >= 0.3 is 0 Å². The lowest BCUT2D eigenvalue weighted by atomic mass is 9.94. The van der Waals surface area contributed by atoms with Crippen molar-refractivity contribution in [3.63, 3.8) is 0 Å². The van der Waals surface area contributed by atoms with Gasteiger partial charge in [0.15, 0.2) is 11.5 Å². The van der Waals surface area contributed by atoms with Crippen LogP contribution in [0.5, 0.6) is 17.2 Å². The number of methoxy groups -OCH3 is 1. The van der Waals surface area contributed by atoms with Crippen molar-refractivity contribution in [1.82, 2.24) is 0 Å². The first-order chi connectivity index (χ1) is 8.93. The molecule has 0 saturated carbocycles. The van der Waals surface area contributed by atoms with Crippen molar-refractivity contribution in [2.45, 2.75) is 12.5 Å². The zero-order chi connectivity index (χ0) is 14.2. The van der Waals surface area contributed by atoms with Gasteiger partial charge in [0.1, 0.15) is 17.3 Å². The van der Waals surface area contributed by atoms with E-state index in [9.17, 15) is 25.5 Å². The summed E-state index contributed by atoms with van der Waals surface area (Å²) < 4.78 is 4.83. The average Bonchev–Trinajstić information content (AvgIpc) is 2.31. The first-order valence-electron chi connectivity index (χ1n) is 5.55. The fraction of sp³-hybridized carbons (Fsp3) is 0.231. The highest BCUT2D eigenvalue weighted by Gasteiger charge is 2.25. The molecule has 6 heteroatoms. The van der Waals surface area contributed by atoms with Gasteiger partial charge in [-0.3, -0.25) is 0 Å². The zero-order valence-electron chi connectivity index (χ0n) is 10.2. The Labute approximate surface area is 109 Å². The Kier molecular flexibility index (Phi) is 3.26. The van der Waals surface area contributed by atoms with Gasteiger partial charge in [0.25, 0.3) is 0 Å². The molecule has 1 aliphatic rings. The van der Waals surface area contributed by atoms with Crippen molar-refractivity contribution >= 4 is 5.57 Å². The number of aliphatic hydroxyl groups excluding tert-OH is 3. The molecular weight excluding hydrogens is 252 g/mol. The van der Waals surface area contributed by atoms with Crippen LogP contribution in [0.15, 0.2) is 29.7 Å². The second kappa shape index (κ2) is 4.74. The Morgan fingerprint density at radius 1 is 1.11 bits per heavy atom. The van der Waals surface area contributed by atoms with Crippen LogP contribution in [-0.2, 0) is 0 Å². The van der Waals surface area contributed by atoms with Crippen molar-refractivity contribution in [3.05, 3.63) is 35.3 Å². The van der Waals surface area contributed by atoms with E-state index in [0.717, 1.165) is 6.08 Å². The minimum atomic E-state index is -0.988. The SMILES string of the molecule is COc1cc(O)c(C2=C(O)CC(O)C=C2O)cc1O. The summed E-state index contributed by atoms with van der Waals surface area (Å²) >= 11 is 0. The maximum absolute atomic E-state index is 9.86. The Balaban J connectivity index is 2.57. The third-order valence-corrected chi connectivity index (χ3v) is 2.86. The maximum atomic E-state index is 9.86. The molecule has 1 aromatic carbocycles. The molecule has 1 aromatic rings. The van der Waals surface area contributed by atoms with Crippen molar-refractivity contribution < 1.29 is 30.3 Å². The van der Waals surface area contributed by atoms with E-state index in [4.69, 9.17) is 4.74 Å². The summed E-state index contributed by atoms with van der Waals surface area (Å²) in [7, 11) is 1.33. The fourth-order valence-corrected chi connectivity index (χ4v) is 1.99. The Morgan fingerprint density at radius 3 is 2.37 bits per heavy atom. The highest BCUT2D eigenvalue weighted by Crippen LogP contribution is 2.41. The Bertz CT molecular complexity index is 573. The lowest BCUT2D eigenvalue weighted by Crippen LogP contribution is -2.13. The van der Waals surface area contributed by atoms with E-state index >= 15 is 0 Å². The molecule has 19 heavy (non-hydrogen) atoms. The highest BCUT2D eigenvalue weighted by atomic mass is 16.5. The van der Waals surface area contributed by atoms with Gasteiger partial charge in [-0.1, -0.05) is 0 Å². The van der Waals surface area contributed by atoms with Crippen LogP contribution in [0.2, 0.25) is 0 Å². The summed E-state index contributed by atoms with van der Waals surface area (Å²) in [5.74, 6) is -1.08. The van der Waals surface area contributed by atoms with E-state index in [-0.39, 0.29) is 46.3 Å². The molecule has 0 bridgehead atoms. The van der Waals surface area contributed by atoms with Crippen LogP contribution >= 0.6 is 0 Å². The molecule has 5 N–H and O–H groups in total. The first kappa shape index (κ1) is 13.1. The first-order valence-corrected chi connectivity index (χ1v) is 5.55. The zero-order valence-corrected chi connectivity index (χ0v) is 10.2. The molecular formula is C13H14O6. The molecule has 0 heterocycles. The number of phenols is 2. The van der Waals surface area contributed by atoms with Gasteiger partial charge in [0, 0.05) is 18.1 Å². The third-order valence-electron chi connectivity index (χ3n) is 2.86. The second-order valence-corrected chi connectivity index (χ2v) is 4.19. The van der Waals surface area contributed by atoms with Crippen molar-refractivity contribution in [2.24, 2.45) is 0 Å². The number of hydrogen-bond donors (Lipinski definition) is 5. The number of ether oxygens (including phenoxy) is 1. The van der Waals surface area contributed by atoms with Crippen LogP contribution in [0.4, 0.5) is 0 Å². The quantitative estimate of drug-likeness (QED) is 0.520. The minimum Gasteiger partial charge on any atom is -0.511 e. The number of aliphatic hydroxyl groups is 3. The van der Waals surface area contributed by atoms with E-state index < -0.39 is 6.10 Å². The number of rotatable bonds is 2. The Hall–Kier alpha value is -2.34. The molecule has 0 radical (unpaired) electrons. The molecule has 1 unspecified atom stereocenters. The van der Waals surface area contributed by atoms with E-state index in [1.54, 1.807) is 0 Å². The van der Waals surface area contributed by atoms with Gasteiger partial charge in [0.05, 0.1) is 18.8 Å². The predicted octanol–water partition coefficient (Wildman–Crippen LogP) is 1.58. The van der Waals surface area contributed by atoms with Crippen LogP contribution in [-0.4, -0.2) is 38.7 Å². The van der Waals surface area contributed by atoms with E-state index in [0.29, 0.717) is 0 Å². The standard InChI is InChI=1S/C13H14O6/c1-19-12-5-8(15)7(4-9(12)16)13-10(17)2-6(14)3-11(13)18/h2,4-6,14-18H,3H2,1H3. The summed E-state index contributed by atoms with van der Waals surface area (Å²) in [4.78, 5) is 0. The van der Waals surface area contributed by atoms with Crippen LogP contribution in [0.25, 0.3) is 5.57 Å². The molecule has 1 atom stereocenters. The molecule has 102 valence electrons. The van der Waals surface area contributed by atoms with Gasteiger partial charge in [-0.05, 0) is 12.1 Å². The number of allylic oxidation sites excluding steroid dienone is 1. The van der Waals surface area contributed by atoms with Crippen LogP contribution in [0.3, 0.4) is 0 Å². The van der Waals surface area contributed by atoms with Crippen LogP contribution in [0.1, 0.15) is 12.0 Å². The van der Waals surface area contributed by atoms with Crippen LogP contribution < -0.4 is 4.74 Å². The minimum absolute atomic E-state index is 0.0271. The lowest BCUT2D eigenvalue weighted by molar-refractivity contribution is 0.193. The largest absolute Gasteiger partial charge is 0.511 e. The second-order valence-electron chi connectivity index (χ2n) is 4.19. The van der Waals surface area contributed by atoms with Gasteiger partial charge in [-0.2, -0.15) is 0 Å². The van der Waals surface area contributed by atoms with Gasteiger partial charge in [-0.25, -0.2) is 0 Å². The molecule has 6 nitrogen and oxygen atoms in total. The molecule has 0 fully saturated rings. The highest BCUT2D eigenvalue weighted by molar-refractivity contribution is 5.83. The molecule has 0 spiro atoms. The van der Waals surface area contributed by atoms with Crippen molar-refractivity contribution in [1.29, 1.82) is 0 Å². The summed E-state index contributed by atoms with van der Waals surface area (Å²) in [5.41, 5.74) is 0.0252. The molecule has 1 aliphatic carbocycles. The van der Waals surface area contributed by atoms with Gasteiger partial charge in [0.2, 0.25) is 0 Å². The van der Waals surface area contributed by atoms with E-state index in [1.807, 2.05) is 0 Å². The monoisotopic (exact) mass is 266 g/mol. The fourth-order valence-electron chi connectivity index (χ4n) is 1.99. The summed E-state index contributed by atoms with van der Waals surface area (Å²) in [5, 5.41) is 48.5. The summed E-state index contributed by atoms with van der Waals surface area (Å²) in [6, 6.07) is 2.34. The molecule has 0 aliphatic heterocycles. The molecule has 0 saturated heterocycles. The summed E-state index contributed by atoms with van der Waals surface area (Å²) in [6.07, 6.45) is 0.0826. The molecule has 0 amide bonds. The summed E-state index contributed by atoms with van der Waals surface area (Å²) in [6.45, 7) is 0. The predicted molar refractivity (Wildman–Crippen MR) is 67.2 cm³/mol. The van der Waals surface area contributed by atoms with Crippen LogP contribution in [0, 0.1) is 0 Å².